The third kappa shape index (κ3) is 3.75. The molecule has 1 heterocycles. The van der Waals surface area contributed by atoms with E-state index in [1.165, 1.54) is 0 Å². The molecule has 0 amide bonds. The number of hydrogen-bond donors (Lipinski definition) is 3. The Bertz CT molecular complexity index is 179. The zero-order valence-electron chi connectivity index (χ0n) is 5.07. The molecule has 0 aliphatic heterocycles. The Hall–Kier alpha value is -0.864. The molecule has 0 spiro atoms. The van der Waals surface area contributed by atoms with E-state index in [4.69, 9.17) is 17.2 Å². The molecule has 7 nitrogen and oxygen atoms in total. The summed E-state index contributed by atoms with van der Waals surface area (Å²) in [7, 11) is 0. The second-order valence-corrected chi connectivity index (χ2v) is 1.41. The molecule has 0 aliphatic rings. The fourth-order valence-corrected chi connectivity index (χ4v) is 0.427. The Morgan fingerprint density at radius 2 is 0.909 bits per heavy atom. The first-order valence-electron chi connectivity index (χ1n) is 2.21. The van der Waals surface area contributed by atoms with Gasteiger partial charge in [-0.2, -0.15) is 15.0 Å². The van der Waals surface area contributed by atoms with E-state index in [1.807, 2.05) is 0 Å². The van der Waals surface area contributed by atoms with Gasteiger partial charge >= 0.3 is 23.1 Å². The Kier molecular flexibility index (Phi) is 5.67. The van der Waals surface area contributed by atoms with Crippen molar-refractivity contribution in [2.45, 2.75) is 0 Å². The molecule has 0 fully saturated rings. The Labute approximate surface area is 78.9 Å². The molecule has 0 atom stereocenters. The zero-order chi connectivity index (χ0) is 6.85. The number of nitrogen functional groups attached to an aromatic ring is 3. The summed E-state index contributed by atoms with van der Waals surface area (Å²) < 4.78 is 0. The average Bonchev–Trinajstić information content (AvgIpc) is 1.59. The lowest BCUT2D eigenvalue weighted by atomic mass is 10.9. The topological polar surface area (TPSA) is 148 Å². The van der Waals surface area contributed by atoms with Crippen LogP contribution in [-0.4, -0.2) is 43.5 Å². The van der Waals surface area contributed by atoms with Crippen LogP contribution in [-0.2, 0) is 0 Å². The van der Waals surface area contributed by atoms with E-state index in [9.17, 15) is 0 Å². The van der Waals surface area contributed by atoms with Crippen LogP contribution in [0.1, 0.15) is 0 Å². The standard InChI is InChI=1S/C3H6N6.Mg.H2O.2H/c4-1-7-2(5)9-3(6)8-1;;;;/h(H6,4,5,6,7,8,9);;1H2;;. The van der Waals surface area contributed by atoms with Gasteiger partial charge in [0.25, 0.3) is 0 Å². The van der Waals surface area contributed by atoms with Gasteiger partial charge in [0.1, 0.15) is 0 Å². The third-order valence-corrected chi connectivity index (χ3v) is 0.687. The Morgan fingerprint density at radius 3 is 1.09 bits per heavy atom. The molecule has 8 N–H and O–H groups in total. The van der Waals surface area contributed by atoms with E-state index >= 15 is 0 Å². The smallest absolute Gasteiger partial charge is 0.316 e. The van der Waals surface area contributed by atoms with Crippen molar-refractivity contribution in [3.8, 4) is 0 Å². The lowest BCUT2D eigenvalue weighted by molar-refractivity contribution is 0.824. The number of anilines is 3. The van der Waals surface area contributed by atoms with Crippen LogP contribution in [0.5, 0.6) is 0 Å². The summed E-state index contributed by atoms with van der Waals surface area (Å²) in [6, 6.07) is 0. The minimum atomic E-state index is 0. The molecule has 0 aromatic carbocycles. The highest BCUT2D eigenvalue weighted by molar-refractivity contribution is 5.75. The van der Waals surface area contributed by atoms with Gasteiger partial charge in [-0.15, -0.1) is 0 Å². The van der Waals surface area contributed by atoms with Crippen LogP contribution in [0.4, 0.5) is 17.8 Å². The summed E-state index contributed by atoms with van der Waals surface area (Å²) >= 11 is 0. The summed E-state index contributed by atoms with van der Waals surface area (Å²) in [6.45, 7) is 0. The molecule has 0 unspecified atom stereocenters. The quantitative estimate of drug-likeness (QED) is 0.351. The summed E-state index contributed by atoms with van der Waals surface area (Å²) in [4.78, 5) is 10.5. The molecule has 0 radical (unpaired) electrons. The van der Waals surface area contributed by atoms with E-state index in [-0.39, 0.29) is 46.4 Å². The highest BCUT2D eigenvalue weighted by atomic mass is 24.3. The number of aromatic nitrogens is 3. The number of nitrogens with two attached hydrogens (primary N) is 3. The summed E-state index contributed by atoms with van der Waals surface area (Å²) in [5, 5.41) is 0. The molecule has 1 aromatic rings. The molecular weight excluding hydrogens is 160 g/mol. The van der Waals surface area contributed by atoms with E-state index in [0.717, 1.165) is 0 Å². The average molecular weight is 170 g/mol. The molecule has 0 bridgehead atoms. The monoisotopic (exact) mass is 170 g/mol. The fourth-order valence-electron chi connectivity index (χ4n) is 0.427. The first kappa shape index (κ1) is 12.8. The van der Waals surface area contributed by atoms with Gasteiger partial charge in [-0.3, -0.25) is 0 Å². The maximum atomic E-state index is 5.14. The predicted octanol–water partition coefficient (Wildman–Crippen LogP) is -3.12. The summed E-state index contributed by atoms with van der Waals surface area (Å²) in [5.41, 5.74) is 15.4. The van der Waals surface area contributed by atoms with E-state index in [1.54, 1.807) is 0 Å². The van der Waals surface area contributed by atoms with Crippen molar-refractivity contribution in [1.29, 1.82) is 0 Å². The molecule has 60 valence electrons. The maximum Gasteiger partial charge on any atom is 0.316 e. The van der Waals surface area contributed by atoms with Gasteiger partial charge in [-0.25, -0.2) is 0 Å². The van der Waals surface area contributed by atoms with Crippen LogP contribution in [0.15, 0.2) is 0 Å². The Morgan fingerprint density at radius 1 is 0.727 bits per heavy atom. The van der Waals surface area contributed by atoms with E-state index in [0.29, 0.717) is 0 Å². The van der Waals surface area contributed by atoms with Gasteiger partial charge in [-0.1, -0.05) is 0 Å². The fraction of sp³-hybridized carbons (Fsp3) is 0. The van der Waals surface area contributed by atoms with Crippen LogP contribution in [0.2, 0.25) is 0 Å². The number of rotatable bonds is 0. The second-order valence-electron chi connectivity index (χ2n) is 1.41. The van der Waals surface area contributed by atoms with Gasteiger partial charge < -0.3 is 22.7 Å². The van der Waals surface area contributed by atoms with Crippen molar-refractivity contribution in [2.75, 3.05) is 17.2 Å². The molecular formula is C3H10MgN6O. The second kappa shape index (κ2) is 4.88. The first-order chi connectivity index (χ1) is 4.18. The van der Waals surface area contributed by atoms with Crippen molar-refractivity contribution in [3.05, 3.63) is 0 Å². The minimum absolute atomic E-state index is 0. The zero-order valence-corrected chi connectivity index (χ0v) is 5.07. The van der Waals surface area contributed by atoms with Gasteiger partial charge in [0, 0.05) is 0 Å². The maximum absolute atomic E-state index is 5.14. The molecule has 0 saturated heterocycles. The van der Waals surface area contributed by atoms with Crippen LogP contribution >= 0.6 is 0 Å². The summed E-state index contributed by atoms with van der Waals surface area (Å²) in [6.07, 6.45) is 0. The lowest BCUT2D eigenvalue weighted by Crippen LogP contribution is -2.05. The molecule has 11 heavy (non-hydrogen) atoms. The number of nitrogens with zero attached hydrogens (tertiary/aromatic N) is 3. The third-order valence-electron chi connectivity index (χ3n) is 0.687. The normalized spacial score (nSPS) is 7.64. The first-order valence-corrected chi connectivity index (χ1v) is 2.21. The highest BCUT2D eigenvalue weighted by Gasteiger charge is 1.93. The van der Waals surface area contributed by atoms with E-state index < -0.39 is 0 Å². The summed E-state index contributed by atoms with van der Waals surface area (Å²) in [5.74, 6) is 0.125. The lowest BCUT2D eigenvalue weighted by Gasteiger charge is -1.93. The van der Waals surface area contributed by atoms with Gasteiger partial charge in [0.05, 0.1) is 0 Å². The molecule has 0 saturated carbocycles. The Balaban J connectivity index is 0. The van der Waals surface area contributed by atoms with Crippen molar-refractivity contribution in [2.24, 2.45) is 0 Å². The van der Waals surface area contributed by atoms with Crippen LogP contribution in [0, 0.1) is 0 Å². The van der Waals surface area contributed by atoms with Gasteiger partial charge in [0.15, 0.2) is 0 Å². The highest BCUT2D eigenvalue weighted by Crippen LogP contribution is 1.97. The predicted molar refractivity (Wildman–Crippen MR) is 45.2 cm³/mol. The minimum Gasteiger partial charge on any atom is -0.412 e. The van der Waals surface area contributed by atoms with Gasteiger partial charge in [0.2, 0.25) is 17.8 Å². The largest absolute Gasteiger partial charge is 0.412 e. The van der Waals surface area contributed by atoms with Crippen molar-refractivity contribution >= 4 is 40.9 Å². The van der Waals surface area contributed by atoms with Gasteiger partial charge in [-0.05, 0) is 0 Å². The van der Waals surface area contributed by atoms with Crippen molar-refractivity contribution < 1.29 is 5.48 Å². The molecule has 0 aliphatic carbocycles. The molecule has 1 aromatic heterocycles. The number of hydrogen-bond acceptors (Lipinski definition) is 6. The van der Waals surface area contributed by atoms with E-state index in [2.05, 4.69) is 15.0 Å². The molecule has 1 rings (SSSR count). The SMILES string of the molecule is Nc1nc(N)nc(N)n1.O.[MgH2]. The van der Waals surface area contributed by atoms with Crippen LogP contribution in [0.25, 0.3) is 0 Å². The van der Waals surface area contributed by atoms with Crippen LogP contribution < -0.4 is 17.2 Å². The molecule has 8 heteroatoms. The van der Waals surface area contributed by atoms with Crippen molar-refractivity contribution in [1.82, 2.24) is 15.0 Å². The van der Waals surface area contributed by atoms with Crippen LogP contribution in [0.3, 0.4) is 0 Å². The van der Waals surface area contributed by atoms with Crippen molar-refractivity contribution in [3.63, 3.8) is 0 Å².